The molecule has 0 aliphatic carbocycles. The van der Waals surface area contributed by atoms with Crippen molar-refractivity contribution >= 4 is 29.4 Å². The summed E-state index contributed by atoms with van der Waals surface area (Å²) in [6, 6.07) is 8.86. The molecule has 0 aliphatic rings. The smallest absolute Gasteiger partial charge is 0.224 e. The first-order chi connectivity index (χ1) is 8.72. The van der Waals surface area contributed by atoms with Crippen LogP contribution in [0.15, 0.2) is 30.3 Å². The second-order valence-electron chi connectivity index (χ2n) is 3.39. The molecule has 18 heavy (non-hydrogen) atoms. The lowest BCUT2D eigenvalue weighted by molar-refractivity contribution is 0.111. The van der Waals surface area contributed by atoms with Crippen LogP contribution < -0.4 is 10.1 Å². The molecule has 6 heteroatoms. The lowest BCUT2D eigenvalue weighted by Gasteiger charge is -2.10. The van der Waals surface area contributed by atoms with Crippen molar-refractivity contribution < 1.29 is 9.53 Å². The Morgan fingerprint density at radius 2 is 2.11 bits per heavy atom. The number of nitrogens with zero attached hydrogens (tertiary/aromatic N) is 2. The molecule has 1 N–H and O–H groups in total. The number of rotatable bonds is 4. The average Bonchev–Trinajstić information content (AvgIpc) is 2.38. The van der Waals surface area contributed by atoms with E-state index >= 15 is 0 Å². The molecule has 0 unspecified atom stereocenters. The van der Waals surface area contributed by atoms with E-state index in [2.05, 4.69) is 15.3 Å². The summed E-state index contributed by atoms with van der Waals surface area (Å²) < 4.78 is 5.20. The molecule has 0 spiro atoms. The molecule has 92 valence electrons. The van der Waals surface area contributed by atoms with E-state index in [9.17, 15) is 4.79 Å². The van der Waals surface area contributed by atoms with Gasteiger partial charge < -0.3 is 10.1 Å². The van der Waals surface area contributed by atoms with Crippen LogP contribution in [0.5, 0.6) is 5.75 Å². The topological polar surface area (TPSA) is 64.1 Å². The molecule has 0 saturated heterocycles. The maximum absolute atomic E-state index is 10.7. The SMILES string of the molecule is COc1ccccc1Nc1cc(C=O)nc(Cl)n1. The zero-order valence-corrected chi connectivity index (χ0v) is 10.3. The summed E-state index contributed by atoms with van der Waals surface area (Å²) in [4.78, 5) is 18.4. The summed E-state index contributed by atoms with van der Waals surface area (Å²) in [5.74, 6) is 1.10. The summed E-state index contributed by atoms with van der Waals surface area (Å²) in [5.41, 5.74) is 0.944. The fraction of sp³-hybridized carbons (Fsp3) is 0.0833. The molecule has 0 saturated carbocycles. The highest BCUT2D eigenvalue weighted by molar-refractivity contribution is 6.28. The predicted molar refractivity (Wildman–Crippen MR) is 68.7 cm³/mol. The molecule has 0 fully saturated rings. The van der Waals surface area contributed by atoms with Crippen molar-refractivity contribution in [1.29, 1.82) is 0 Å². The fourth-order valence-electron chi connectivity index (χ4n) is 1.45. The number of benzene rings is 1. The van der Waals surface area contributed by atoms with Crippen LogP contribution in [-0.4, -0.2) is 23.4 Å². The first-order valence-corrected chi connectivity index (χ1v) is 5.50. The minimum Gasteiger partial charge on any atom is -0.495 e. The number of ether oxygens (including phenoxy) is 1. The number of carbonyl (C=O) groups is 1. The van der Waals surface area contributed by atoms with Crippen molar-refractivity contribution in [1.82, 2.24) is 9.97 Å². The summed E-state index contributed by atoms with van der Waals surface area (Å²) in [5, 5.41) is 3.03. The van der Waals surface area contributed by atoms with Gasteiger partial charge in [0.05, 0.1) is 12.8 Å². The van der Waals surface area contributed by atoms with Gasteiger partial charge in [0.2, 0.25) is 5.28 Å². The molecule has 0 atom stereocenters. The molecule has 1 heterocycles. The minimum absolute atomic E-state index is 0.0111. The lowest BCUT2D eigenvalue weighted by atomic mass is 10.3. The minimum atomic E-state index is 0.0111. The zero-order valence-electron chi connectivity index (χ0n) is 9.55. The summed E-state index contributed by atoms with van der Waals surface area (Å²) in [7, 11) is 1.57. The van der Waals surface area contributed by atoms with Gasteiger partial charge in [-0.2, -0.15) is 0 Å². The van der Waals surface area contributed by atoms with Gasteiger partial charge in [-0.3, -0.25) is 4.79 Å². The van der Waals surface area contributed by atoms with E-state index in [1.54, 1.807) is 7.11 Å². The third-order valence-corrected chi connectivity index (χ3v) is 2.38. The van der Waals surface area contributed by atoms with Crippen LogP contribution in [0.2, 0.25) is 5.28 Å². The lowest BCUT2D eigenvalue weighted by Crippen LogP contribution is -1.99. The Hall–Kier alpha value is -2.14. The van der Waals surface area contributed by atoms with E-state index in [1.807, 2.05) is 24.3 Å². The molecule has 2 aromatic rings. The second-order valence-corrected chi connectivity index (χ2v) is 3.73. The van der Waals surface area contributed by atoms with E-state index in [4.69, 9.17) is 16.3 Å². The van der Waals surface area contributed by atoms with Crippen molar-refractivity contribution in [3.05, 3.63) is 41.3 Å². The van der Waals surface area contributed by atoms with E-state index in [0.717, 1.165) is 5.69 Å². The molecule has 5 nitrogen and oxygen atoms in total. The number of aldehydes is 1. The molecular weight excluding hydrogens is 254 g/mol. The number of aromatic nitrogens is 2. The quantitative estimate of drug-likeness (QED) is 0.679. The van der Waals surface area contributed by atoms with Gasteiger partial charge in [0.25, 0.3) is 0 Å². The van der Waals surface area contributed by atoms with Gasteiger partial charge in [-0.1, -0.05) is 12.1 Å². The number of halogens is 1. The highest BCUT2D eigenvalue weighted by Crippen LogP contribution is 2.26. The Labute approximate surface area is 109 Å². The number of hydrogen-bond donors (Lipinski definition) is 1. The van der Waals surface area contributed by atoms with Gasteiger partial charge in [-0.15, -0.1) is 0 Å². The molecule has 1 aromatic heterocycles. The predicted octanol–water partition coefficient (Wildman–Crippen LogP) is 2.69. The Kier molecular flexibility index (Phi) is 3.74. The normalized spacial score (nSPS) is 9.89. The highest BCUT2D eigenvalue weighted by atomic mass is 35.5. The van der Waals surface area contributed by atoms with Gasteiger partial charge in [0.1, 0.15) is 17.3 Å². The van der Waals surface area contributed by atoms with Crippen LogP contribution in [0.3, 0.4) is 0 Å². The van der Waals surface area contributed by atoms with Gasteiger partial charge in [-0.05, 0) is 23.7 Å². The number of hydrogen-bond acceptors (Lipinski definition) is 5. The van der Waals surface area contributed by atoms with Crippen LogP contribution >= 0.6 is 11.6 Å². The number of carbonyl (C=O) groups excluding carboxylic acids is 1. The van der Waals surface area contributed by atoms with Gasteiger partial charge in [-0.25, -0.2) is 9.97 Å². The van der Waals surface area contributed by atoms with Crippen LogP contribution in [0, 0.1) is 0 Å². The molecular formula is C12H10ClN3O2. The molecule has 0 amide bonds. The van der Waals surface area contributed by atoms with Crippen LogP contribution in [0.4, 0.5) is 11.5 Å². The molecule has 1 aromatic carbocycles. The number of anilines is 2. The third-order valence-electron chi connectivity index (χ3n) is 2.21. The maximum Gasteiger partial charge on any atom is 0.224 e. The standard InChI is InChI=1S/C12H10ClN3O2/c1-18-10-5-3-2-4-9(10)15-11-6-8(7-17)14-12(13)16-11/h2-7H,1H3,(H,14,15,16). The Balaban J connectivity index is 2.33. The molecule has 2 rings (SSSR count). The highest BCUT2D eigenvalue weighted by Gasteiger charge is 2.05. The van der Waals surface area contributed by atoms with Crippen LogP contribution in [0.25, 0.3) is 0 Å². The van der Waals surface area contributed by atoms with Crippen molar-refractivity contribution in [2.45, 2.75) is 0 Å². The van der Waals surface area contributed by atoms with Crippen molar-refractivity contribution in [2.24, 2.45) is 0 Å². The van der Waals surface area contributed by atoms with Crippen LogP contribution in [0.1, 0.15) is 10.5 Å². The Morgan fingerprint density at radius 1 is 1.33 bits per heavy atom. The van der Waals surface area contributed by atoms with E-state index in [-0.39, 0.29) is 11.0 Å². The van der Waals surface area contributed by atoms with Crippen LogP contribution in [-0.2, 0) is 0 Å². The first kappa shape index (κ1) is 12.3. The largest absolute Gasteiger partial charge is 0.495 e. The average molecular weight is 264 g/mol. The number of nitrogens with one attached hydrogen (secondary N) is 1. The third kappa shape index (κ3) is 2.75. The molecule has 0 bridgehead atoms. The van der Waals surface area contributed by atoms with Crippen molar-refractivity contribution in [2.75, 3.05) is 12.4 Å². The van der Waals surface area contributed by atoms with Gasteiger partial charge >= 0.3 is 0 Å². The monoisotopic (exact) mass is 263 g/mol. The number of para-hydroxylation sites is 2. The summed E-state index contributed by atoms with van der Waals surface area (Å²) >= 11 is 5.72. The van der Waals surface area contributed by atoms with Crippen molar-refractivity contribution in [3.8, 4) is 5.75 Å². The molecule has 0 aliphatic heterocycles. The van der Waals surface area contributed by atoms with Gasteiger partial charge in [0, 0.05) is 6.07 Å². The first-order valence-electron chi connectivity index (χ1n) is 5.12. The Bertz CT molecular complexity index is 575. The van der Waals surface area contributed by atoms with Crippen molar-refractivity contribution in [3.63, 3.8) is 0 Å². The summed E-state index contributed by atoms with van der Waals surface area (Å²) in [6.45, 7) is 0. The Morgan fingerprint density at radius 3 is 2.83 bits per heavy atom. The van der Waals surface area contributed by atoms with Gasteiger partial charge in [0.15, 0.2) is 6.29 Å². The second kappa shape index (κ2) is 5.46. The molecule has 0 radical (unpaired) electrons. The zero-order chi connectivity index (χ0) is 13.0. The maximum atomic E-state index is 10.7. The van der Waals surface area contributed by atoms with E-state index in [0.29, 0.717) is 17.9 Å². The van der Waals surface area contributed by atoms with E-state index < -0.39 is 0 Å². The summed E-state index contributed by atoms with van der Waals surface area (Å²) in [6.07, 6.45) is 0.612. The number of methoxy groups -OCH3 is 1. The fourth-order valence-corrected chi connectivity index (χ4v) is 1.63. The van der Waals surface area contributed by atoms with E-state index in [1.165, 1.54) is 6.07 Å².